The van der Waals surface area contributed by atoms with Crippen LogP contribution in [0.1, 0.15) is 6.92 Å². The number of nitrogens with zero attached hydrogens (tertiary/aromatic N) is 2. The molecular weight excluding hydrogens is 296 g/mol. The lowest BCUT2D eigenvalue weighted by molar-refractivity contribution is 0.441. The normalized spacial score (nSPS) is 11.7. The van der Waals surface area contributed by atoms with E-state index in [1.807, 2.05) is 18.2 Å². The maximum Gasteiger partial charge on any atom is 0.174 e. The van der Waals surface area contributed by atoms with Crippen LogP contribution in [0, 0.1) is 0 Å². The quantitative estimate of drug-likeness (QED) is 0.423. The molecule has 0 aliphatic heterocycles. The predicted molar refractivity (Wildman–Crippen MR) is 98.1 cm³/mol. The molecule has 2 heterocycles. The lowest BCUT2D eigenvalue weighted by Crippen LogP contribution is -1.92. The van der Waals surface area contributed by atoms with E-state index < -0.39 is 0 Å². The Hall–Kier alpha value is -3.07. The molecule has 5 aromatic rings. The van der Waals surface area contributed by atoms with Gasteiger partial charge in [0.15, 0.2) is 5.76 Å². The van der Waals surface area contributed by atoms with Crippen LogP contribution in [0.15, 0.2) is 71.3 Å². The summed E-state index contributed by atoms with van der Waals surface area (Å²) in [6.45, 7) is 3.14. The zero-order valence-corrected chi connectivity index (χ0v) is 13.4. The topological polar surface area (TPSA) is 31.0 Å². The average molecular weight is 312 g/mol. The van der Waals surface area contributed by atoms with Crippen molar-refractivity contribution in [1.82, 2.24) is 9.72 Å². The fourth-order valence-corrected chi connectivity index (χ4v) is 3.63. The first-order chi connectivity index (χ1) is 11.9. The molecule has 3 nitrogen and oxygen atoms in total. The van der Waals surface area contributed by atoms with Crippen LogP contribution in [0.5, 0.6) is 0 Å². The minimum Gasteiger partial charge on any atom is -0.355 e. The van der Waals surface area contributed by atoms with Gasteiger partial charge in [-0.05, 0) is 43.3 Å². The Morgan fingerprint density at radius 3 is 2.46 bits per heavy atom. The Bertz CT molecular complexity index is 1200. The highest BCUT2D eigenvalue weighted by atomic mass is 16.5. The summed E-state index contributed by atoms with van der Waals surface area (Å²) in [5, 5.41) is 7.76. The molecule has 0 bridgehead atoms. The zero-order chi connectivity index (χ0) is 16.1. The summed E-state index contributed by atoms with van der Waals surface area (Å²) in [5.41, 5.74) is 4.49. The zero-order valence-electron chi connectivity index (χ0n) is 13.4. The van der Waals surface area contributed by atoms with Crippen LogP contribution in [0.3, 0.4) is 0 Å². The molecule has 0 N–H and O–H groups in total. The molecule has 0 unspecified atom stereocenters. The van der Waals surface area contributed by atoms with E-state index in [0.717, 1.165) is 28.8 Å². The highest BCUT2D eigenvalue weighted by molar-refractivity contribution is 6.09. The van der Waals surface area contributed by atoms with Crippen LogP contribution in [-0.4, -0.2) is 9.72 Å². The minimum atomic E-state index is 0.834. The lowest BCUT2D eigenvalue weighted by atomic mass is 10.1. The molecule has 0 radical (unpaired) electrons. The number of para-hydroxylation sites is 1. The number of benzene rings is 3. The van der Waals surface area contributed by atoms with Gasteiger partial charge < -0.3 is 9.09 Å². The fourth-order valence-electron chi connectivity index (χ4n) is 3.63. The molecule has 0 aliphatic rings. The van der Waals surface area contributed by atoms with E-state index in [1.54, 1.807) is 0 Å². The van der Waals surface area contributed by atoms with E-state index in [4.69, 9.17) is 4.52 Å². The molecule has 0 saturated carbocycles. The summed E-state index contributed by atoms with van der Waals surface area (Å²) in [6, 6.07) is 23.1. The van der Waals surface area contributed by atoms with E-state index in [2.05, 4.69) is 65.2 Å². The van der Waals surface area contributed by atoms with Crippen LogP contribution >= 0.6 is 0 Å². The third-order valence-corrected chi connectivity index (χ3v) is 4.73. The fraction of sp³-hybridized carbons (Fsp3) is 0.0952. The molecule has 0 fully saturated rings. The molecule has 116 valence electrons. The molecule has 0 amide bonds. The van der Waals surface area contributed by atoms with Crippen LogP contribution in [0.4, 0.5) is 0 Å². The van der Waals surface area contributed by atoms with Gasteiger partial charge in [-0.1, -0.05) is 35.5 Å². The van der Waals surface area contributed by atoms with E-state index in [-0.39, 0.29) is 0 Å². The molecule has 3 heteroatoms. The lowest BCUT2D eigenvalue weighted by Gasteiger charge is -2.03. The second kappa shape index (κ2) is 4.96. The van der Waals surface area contributed by atoms with Gasteiger partial charge in [0.2, 0.25) is 0 Å². The molecule has 0 atom stereocenters. The van der Waals surface area contributed by atoms with Crippen molar-refractivity contribution in [3.8, 4) is 11.3 Å². The van der Waals surface area contributed by atoms with Gasteiger partial charge in [-0.15, -0.1) is 0 Å². The Labute approximate surface area is 139 Å². The number of hydrogen-bond donors (Lipinski definition) is 0. The summed E-state index contributed by atoms with van der Waals surface area (Å²) in [4.78, 5) is 0. The van der Waals surface area contributed by atoms with Gasteiger partial charge in [0.25, 0.3) is 0 Å². The standard InChI is InChI=1S/C21H16N2O/c1-2-23-19-10-6-4-7-15(19)17-13-14(11-12-20(17)23)21-16-8-3-5-9-18(16)22-24-21/h3-13H,2H2,1H3. The summed E-state index contributed by atoms with van der Waals surface area (Å²) in [5.74, 6) is 0.834. The minimum absolute atomic E-state index is 0.834. The number of hydrogen-bond acceptors (Lipinski definition) is 2. The third kappa shape index (κ3) is 1.75. The predicted octanol–water partition coefficient (Wildman–Crippen LogP) is 5.62. The van der Waals surface area contributed by atoms with Crippen molar-refractivity contribution in [2.24, 2.45) is 0 Å². The Morgan fingerprint density at radius 1 is 0.833 bits per heavy atom. The maximum absolute atomic E-state index is 5.64. The number of rotatable bonds is 2. The van der Waals surface area contributed by atoms with Crippen molar-refractivity contribution >= 4 is 32.7 Å². The monoisotopic (exact) mass is 312 g/mol. The third-order valence-electron chi connectivity index (χ3n) is 4.73. The van der Waals surface area contributed by atoms with E-state index >= 15 is 0 Å². The van der Waals surface area contributed by atoms with Crippen LogP contribution < -0.4 is 0 Å². The Morgan fingerprint density at radius 2 is 1.58 bits per heavy atom. The van der Waals surface area contributed by atoms with Gasteiger partial charge in [-0.2, -0.15) is 0 Å². The highest BCUT2D eigenvalue weighted by Crippen LogP contribution is 2.34. The smallest absolute Gasteiger partial charge is 0.174 e. The van der Waals surface area contributed by atoms with E-state index in [0.29, 0.717) is 0 Å². The van der Waals surface area contributed by atoms with Crippen molar-refractivity contribution < 1.29 is 4.52 Å². The molecule has 0 spiro atoms. The summed E-state index contributed by atoms with van der Waals surface area (Å²) in [6.07, 6.45) is 0. The van der Waals surface area contributed by atoms with Gasteiger partial charge in [0, 0.05) is 39.3 Å². The highest BCUT2D eigenvalue weighted by Gasteiger charge is 2.14. The van der Waals surface area contributed by atoms with E-state index in [9.17, 15) is 0 Å². The number of aromatic nitrogens is 2. The van der Waals surface area contributed by atoms with Gasteiger partial charge >= 0.3 is 0 Å². The average Bonchev–Trinajstić information content (AvgIpc) is 3.20. The summed E-state index contributed by atoms with van der Waals surface area (Å²) < 4.78 is 7.99. The first-order valence-electron chi connectivity index (χ1n) is 8.22. The van der Waals surface area contributed by atoms with Crippen molar-refractivity contribution in [2.75, 3.05) is 0 Å². The van der Waals surface area contributed by atoms with Crippen molar-refractivity contribution in [1.29, 1.82) is 0 Å². The first kappa shape index (κ1) is 13.4. The molecular formula is C21H16N2O. The van der Waals surface area contributed by atoms with Crippen molar-refractivity contribution in [2.45, 2.75) is 13.5 Å². The maximum atomic E-state index is 5.64. The molecule has 0 aliphatic carbocycles. The molecule has 2 aromatic heterocycles. The van der Waals surface area contributed by atoms with Gasteiger partial charge in [-0.25, -0.2) is 0 Å². The molecule has 24 heavy (non-hydrogen) atoms. The molecule has 3 aromatic carbocycles. The SMILES string of the molecule is CCn1c2ccccc2c2cc(-c3onc4ccccc34)ccc21. The van der Waals surface area contributed by atoms with Gasteiger partial charge in [0.1, 0.15) is 5.52 Å². The van der Waals surface area contributed by atoms with Gasteiger partial charge in [0.05, 0.1) is 0 Å². The van der Waals surface area contributed by atoms with Gasteiger partial charge in [-0.3, -0.25) is 0 Å². The second-order valence-corrected chi connectivity index (χ2v) is 6.02. The van der Waals surface area contributed by atoms with E-state index in [1.165, 1.54) is 21.8 Å². The summed E-state index contributed by atoms with van der Waals surface area (Å²) >= 11 is 0. The Kier molecular flexibility index (Phi) is 2.77. The number of fused-ring (bicyclic) bond motifs is 4. The number of aryl methyl sites for hydroxylation is 1. The second-order valence-electron chi connectivity index (χ2n) is 6.02. The molecule has 0 saturated heterocycles. The largest absolute Gasteiger partial charge is 0.355 e. The summed E-state index contributed by atoms with van der Waals surface area (Å²) in [7, 11) is 0. The van der Waals surface area contributed by atoms with Crippen LogP contribution in [0.2, 0.25) is 0 Å². The van der Waals surface area contributed by atoms with Crippen LogP contribution in [0.25, 0.3) is 44.0 Å². The van der Waals surface area contributed by atoms with Crippen molar-refractivity contribution in [3.63, 3.8) is 0 Å². The molecule has 5 rings (SSSR count). The first-order valence-corrected chi connectivity index (χ1v) is 8.22. The van der Waals surface area contributed by atoms with Crippen molar-refractivity contribution in [3.05, 3.63) is 66.7 Å². The van der Waals surface area contributed by atoms with Crippen LogP contribution in [-0.2, 0) is 6.54 Å². The Balaban J connectivity index is 1.84.